The Bertz CT molecular complexity index is 362. The Labute approximate surface area is 102 Å². The zero-order chi connectivity index (χ0) is 12.1. The molecule has 0 spiro atoms. The number of pyridine rings is 1. The summed E-state index contributed by atoms with van der Waals surface area (Å²) in [6, 6.07) is 5.98. The number of hydrogen-bond donors (Lipinski definition) is 1. The van der Waals surface area contributed by atoms with Gasteiger partial charge in [0.25, 0.3) is 0 Å². The third kappa shape index (κ3) is 3.17. The van der Waals surface area contributed by atoms with Gasteiger partial charge in [-0.2, -0.15) is 0 Å². The number of nitrogens with one attached hydrogen (secondary N) is 1. The summed E-state index contributed by atoms with van der Waals surface area (Å²) >= 11 is 0. The van der Waals surface area contributed by atoms with Crippen LogP contribution in [0.1, 0.15) is 18.5 Å². The molecule has 0 amide bonds. The molecule has 94 valence electrons. The van der Waals surface area contributed by atoms with Gasteiger partial charge in [0, 0.05) is 45.4 Å². The third-order valence-electron chi connectivity index (χ3n) is 3.32. The predicted molar refractivity (Wildman–Crippen MR) is 67.3 cm³/mol. The summed E-state index contributed by atoms with van der Waals surface area (Å²) in [7, 11) is 1.77. The van der Waals surface area contributed by atoms with Gasteiger partial charge in [0.15, 0.2) is 0 Å². The van der Waals surface area contributed by atoms with Gasteiger partial charge in [-0.1, -0.05) is 6.07 Å². The van der Waals surface area contributed by atoms with E-state index in [9.17, 15) is 0 Å². The van der Waals surface area contributed by atoms with Crippen LogP contribution in [0.15, 0.2) is 18.2 Å². The van der Waals surface area contributed by atoms with E-state index in [0.717, 1.165) is 44.1 Å². The van der Waals surface area contributed by atoms with E-state index in [1.807, 2.05) is 25.1 Å². The smallest absolute Gasteiger partial charge is 0.126 e. The summed E-state index contributed by atoms with van der Waals surface area (Å²) in [5, 5.41) is 3.36. The van der Waals surface area contributed by atoms with Crippen molar-refractivity contribution in [3.63, 3.8) is 0 Å². The molecule has 1 aliphatic heterocycles. The van der Waals surface area contributed by atoms with Crippen LogP contribution in [0, 0.1) is 6.92 Å². The molecule has 0 radical (unpaired) electrons. The molecule has 0 aliphatic carbocycles. The lowest BCUT2D eigenvalue weighted by atomic mass is 9.94. The van der Waals surface area contributed by atoms with Crippen LogP contribution in [0.25, 0.3) is 0 Å². The van der Waals surface area contributed by atoms with E-state index in [-0.39, 0.29) is 5.60 Å². The highest BCUT2D eigenvalue weighted by Crippen LogP contribution is 2.24. The number of nitrogens with zero attached hydrogens (tertiary/aromatic N) is 1. The fourth-order valence-electron chi connectivity index (χ4n) is 2.09. The fourth-order valence-corrected chi connectivity index (χ4v) is 2.09. The van der Waals surface area contributed by atoms with Crippen molar-refractivity contribution in [3.8, 4) is 0 Å². The second-order valence-corrected chi connectivity index (χ2v) is 4.52. The second-order valence-electron chi connectivity index (χ2n) is 4.52. The minimum Gasteiger partial charge on any atom is -0.381 e. The number of ether oxygens (including phenoxy) is 2. The van der Waals surface area contributed by atoms with E-state index >= 15 is 0 Å². The molecule has 0 saturated carbocycles. The van der Waals surface area contributed by atoms with Crippen molar-refractivity contribution < 1.29 is 9.47 Å². The minimum absolute atomic E-state index is 0.107. The normalized spacial score (nSPS) is 18.9. The van der Waals surface area contributed by atoms with Crippen LogP contribution in [0.3, 0.4) is 0 Å². The highest BCUT2D eigenvalue weighted by Gasteiger charge is 2.32. The summed E-state index contributed by atoms with van der Waals surface area (Å²) in [6.45, 7) is 4.32. The van der Waals surface area contributed by atoms with Gasteiger partial charge < -0.3 is 14.8 Å². The molecule has 4 nitrogen and oxygen atoms in total. The van der Waals surface area contributed by atoms with Gasteiger partial charge in [-0.15, -0.1) is 0 Å². The lowest BCUT2D eigenvalue weighted by Crippen LogP contribution is -2.44. The molecule has 2 heterocycles. The van der Waals surface area contributed by atoms with Crippen molar-refractivity contribution in [2.45, 2.75) is 25.4 Å². The van der Waals surface area contributed by atoms with Crippen molar-refractivity contribution >= 4 is 5.82 Å². The van der Waals surface area contributed by atoms with Crippen molar-refractivity contribution in [3.05, 3.63) is 23.9 Å². The lowest BCUT2D eigenvalue weighted by molar-refractivity contribution is -0.0807. The first-order chi connectivity index (χ1) is 8.24. The van der Waals surface area contributed by atoms with E-state index in [4.69, 9.17) is 9.47 Å². The predicted octanol–water partition coefficient (Wildman–Crippen LogP) is 2.00. The highest BCUT2D eigenvalue weighted by atomic mass is 16.5. The van der Waals surface area contributed by atoms with E-state index in [1.54, 1.807) is 7.11 Å². The quantitative estimate of drug-likeness (QED) is 0.868. The van der Waals surface area contributed by atoms with E-state index < -0.39 is 0 Å². The molecule has 1 aromatic heterocycles. The van der Waals surface area contributed by atoms with Gasteiger partial charge in [-0.3, -0.25) is 0 Å². The molecular formula is C13H20N2O2. The van der Waals surface area contributed by atoms with Crippen LogP contribution in [0.4, 0.5) is 5.82 Å². The van der Waals surface area contributed by atoms with Gasteiger partial charge in [-0.25, -0.2) is 4.98 Å². The largest absolute Gasteiger partial charge is 0.381 e. The van der Waals surface area contributed by atoms with Crippen molar-refractivity contribution in [2.24, 2.45) is 0 Å². The van der Waals surface area contributed by atoms with E-state index in [1.165, 1.54) is 0 Å². The van der Waals surface area contributed by atoms with Gasteiger partial charge >= 0.3 is 0 Å². The second kappa shape index (κ2) is 5.47. The molecular weight excluding hydrogens is 216 g/mol. The maximum Gasteiger partial charge on any atom is 0.126 e. The van der Waals surface area contributed by atoms with Crippen molar-refractivity contribution in [2.75, 3.05) is 32.2 Å². The number of aryl methyl sites for hydroxylation is 1. The molecule has 0 atom stereocenters. The van der Waals surface area contributed by atoms with Gasteiger partial charge in [-0.05, 0) is 19.1 Å². The Hall–Kier alpha value is -1.13. The first kappa shape index (κ1) is 12.3. The highest BCUT2D eigenvalue weighted by molar-refractivity contribution is 5.35. The summed E-state index contributed by atoms with van der Waals surface area (Å²) in [4.78, 5) is 4.43. The van der Waals surface area contributed by atoms with Crippen molar-refractivity contribution in [1.29, 1.82) is 0 Å². The third-order valence-corrected chi connectivity index (χ3v) is 3.32. The van der Waals surface area contributed by atoms with Gasteiger partial charge in [0.05, 0.1) is 5.60 Å². The lowest BCUT2D eigenvalue weighted by Gasteiger charge is -2.36. The van der Waals surface area contributed by atoms with Crippen LogP contribution in [-0.2, 0) is 9.47 Å². The number of hydrogen-bond acceptors (Lipinski definition) is 4. The number of methoxy groups -OCH3 is 1. The molecule has 1 fully saturated rings. The Kier molecular flexibility index (Phi) is 3.97. The molecule has 1 N–H and O–H groups in total. The Balaban J connectivity index is 1.95. The molecule has 1 aliphatic rings. The fraction of sp³-hybridized carbons (Fsp3) is 0.615. The first-order valence-corrected chi connectivity index (χ1v) is 6.05. The van der Waals surface area contributed by atoms with Gasteiger partial charge in [0.2, 0.25) is 0 Å². The summed E-state index contributed by atoms with van der Waals surface area (Å²) in [5.41, 5.74) is 0.914. The summed E-state index contributed by atoms with van der Waals surface area (Å²) in [5.74, 6) is 0.910. The number of anilines is 1. The van der Waals surface area contributed by atoms with Crippen LogP contribution >= 0.6 is 0 Å². The number of aromatic nitrogens is 1. The van der Waals surface area contributed by atoms with Crippen LogP contribution in [-0.4, -0.2) is 37.5 Å². The Morgan fingerprint density at radius 3 is 2.82 bits per heavy atom. The maximum atomic E-state index is 5.66. The van der Waals surface area contributed by atoms with Crippen LogP contribution in [0.5, 0.6) is 0 Å². The molecule has 1 aromatic rings. The van der Waals surface area contributed by atoms with E-state index in [0.29, 0.717) is 0 Å². The first-order valence-electron chi connectivity index (χ1n) is 6.05. The summed E-state index contributed by atoms with van der Waals surface area (Å²) in [6.07, 6.45) is 1.87. The summed E-state index contributed by atoms with van der Waals surface area (Å²) < 4.78 is 11.0. The van der Waals surface area contributed by atoms with Gasteiger partial charge in [0.1, 0.15) is 5.82 Å². The Morgan fingerprint density at radius 2 is 2.18 bits per heavy atom. The molecule has 17 heavy (non-hydrogen) atoms. The molecule has 1 saturated heterocycles. The number of rotatable bonds is 4. The topological polar surface area (TPSA) is 43.4 Å². The Morgan fingerprint density at radius 1 is 1.41 bits per heavy atom. The zero-order valence-electron chi connectivity index (χ0n) is 10.5. The SMILES string of the molecule is COC1(CNc2cccc(C)n2)CCOCC1. The molecule has 0 bridgehead atoms. The maximum absolute atomic E-state index is 5.66. The minimum atomic E-state index is -0.107. The van der Waals surface area contributed by atoms with Crippen LogP contribution in [0.2, 0.25) is 0 Å². The van der Waals surface area contributed by atoms with Crippen LogP contribution < -0.4 is 5.32 Å². The van der Waals surface area contributed by atoms with E-state index in [2.05, 4.69) is 10.3 Å². The van der Waals surface area contributed by atoms with Crippen molar-refractivity contribution in [1.82, 2.24) is 4.98 Å². The molecule has 4 heteroatoms. The standard InChI is InChI=1S/C13H20N2O2/c1-11-4-3-5-12(15-11)14-10-13(16-2)6-8-17-9-7-13/h3-5H,6-10H2,1-2H3,(H,14,15). The average Bonchev–Trinajstić information content (AvgIpc) is 2.38. The monoisotopic (exact) mass is 236 g/mol. The molecule has 0 unspecified atom stereocenters. The molecule has 0 aromatic carbocycles. The molecule has 2 rings (SSSR count). The zero-order valence-corrected chi connectivity index (χ0v) is 10.5. The average molecular weight is 236 g/mol.